The maximum atomic E-state index is 6.51. The van der Waals surface area contributed by atoms with Gasteiger partial charge < -0.3 is 13.9 Å². The molecule has 12 aromatic rings. The Morgan fingerprint density at radius 1 is 0.317 bits per heavy atom. The number of rotatable bonds is 8. The number of para-hydroxylation sites is 4. The minimum Gasteiger partial charge on any atom is -0.455 e. The molecule has 0 radical (unpaired) electrons. The van der Waals surface area contributed by atoms with Gasteiger partial charge in [-0.05, 0) is 100 Å². The Bertz CT molecular complexity index is 3550. The third-order valence-corrected chi connectivity index (χ3v) is 12.4. The first kappa shape index (κ1) is 36.5. The number of hydrogen-bond donors (Lipinski definition) is 0. The van der Waals surface area contributed by atoms with E-state index in [4.69, 9.17) is 4.42 Å². The lowest BCUT2D eigenvalue weighted by atomic mass is 9.99. The van der Waals surface area contributed by atoms with Crippen LogP contribution < -0.4 is 4.90 Å². The van der Waals surface area contributed by atoms with E-state index in [1.165, 1.54) is 32.9 Å². The van der Waals surface area contributed by atoms with Crippen LogP contribution in [0.1, 0.15) is 0 Å². The summed E-state index contributed by atoms with van der Waals surface area (Å²) in [5.74, 6) is 0. The predicted molar refractivity (Wildman–Crippen MR) is 264 cm³/mol. The van der Waals surface area contributed by atoms with Crippen molar-refractivity contribution in [2.75, 3.05) is 4.90 Å². The van der Waals surface area contributed by atoms with E-state index < -0.39 is 0 Å². The molecule has 0 bridgehead atoms. The Kier molecular flexibility index (Phi) is 8.83. The fraction of sp³-hybridized carbons (Fsp3) is 0. The van der Waals surface area contributed by atoms with Gasteiger partial charge in [0, 0.05) is 49.7 Å². The zero-order valence-electron chi connectivity index (χ0n) is 34.4. The topological polar surface area (TPSA) is 21.3 Å². The molecule has 0 aliphatic carbocycles. The van der Waals surface area contributed by atoms with Gasteiger partial charge in [0.1, 0.15) is 11.2 Å². The van der Waals surface area contributed by atoms with Crippen molar-refractivity contribution in [3.05, 3.63) is 243 Å². The first-order valence-corrected chi connectivity index (χ1v) is 21.5. The van der Waals surface area contributed by atoms with Crippen molar-refractivity contribution < 1.29 is 4.42 Å². The first-order chi connectivity index (χ1) is 31.2. The molecule has 0 fully saturated rings. The second-order valence-corrected chi connectivity index (χ2v) is 16.1. The summed E-state index contributed by atoms with van der Waals surface area (Å²) < 4.78 is 8.89. The van der Waals surface area contributed by atoms with Gasteiger partial charge in [0.2, 0.25) is 0 Å². The molecule has 296 valence electrons. The Labute approximate surface area is 366 Å². The van der Waals surface area contributed by atoms with Gasteiger partial charge in [-0.15, -0.1) is 0 Å². The third-order valence-electron chi connectivity index (χ3n) is 12.4. The van der Waals surface area contributed by atoms with E-state index in [1.54, 1.807) is 0 Å². The van der Waals surface area contributed by atoms with Gasteiger partial charge in [-0.3, -0.25) is 0 Å². The van der Waals surface area contributed by atoms with Crippen molar-refractivity contribution in [3.63, 3.8) is 0 Å². The highest BCUT2D eigenvalue weighted by molar-refractivity contribution is 6.11. The minimum absolute atomic E-state index is 0.888. The van der Waals surface area contributed by atoms with Crippen LogP contribution in [0.2, 0.25) is 0 Å². The van der Waals surface area contributed by atoms with Gasteiger partial charge in [-0.2, -0.15) is 0 Å². The van der Waals surface area contributed by atoms with E-state index in [0.717, 1.165) is 78.1 Å². The molecule has 3 heteroatoms. The molecule has 12 rings (SSSR count). The van der Waals surface area contributed by atoms with Gasteiger partial charge in [0.05, 0.1) is 16.7 Å². The van der Waals surface area contributed by atoms with Crippen molar-refractivity contribution in [3.8, 4) is 50.2 Å². The number of fused-ring (bicyclic) bond motifs is 6. The van der Waals surface area contributed by atoms with E-state index in [0.29, 0.717) is 0 Å². The molecule has 0 unspecified atom stereocenters. The van der Waals surface area contributed by atoms with Crippen LogP contribution >= 0.6 is 0 Å². The molecule has 0 aliphatic heterocycles. The van der Waals surface area contributed by atoms with Gasteiger partial charge in [-0.1, -0.05) is 176 Å². The van der Waals surface area contributed by atoms with Crippen molar-refractivity contribution in [2.24, 2.45) is 0 Å². The van der Waals surface area contributed by atoms with Crippen LogP contribution in [0.3, 0.4) is 0 Å². The Morgan fingerprint density at radius 2 is 0.810 bits per heavy atom. The molecule has 0 N–H and O–H groups in total. The molecular formula is C60H40N2O. The number of hydrogen-bond acceptors (Lipinski definition) is 2. The van der Waals surface area contributed by atoms with Gasteiger partial charge in [0.15, 0.2) is 0 Å². The van der Waals surface area contributed by atoms with E-state index in [2.05, 4.69) is 246 Å². The summed E-state index contributed by atoms with van der Waals surface area (Å²) in [4.78, 5) is 2.38. The Hall–Kier alpha value is -8.40. The Morgan fingerprint density at radius 3 is 1.48 bits per heavy atom. The number of benzene rings is 10. The molecule has 3 nitrogen and oxygen atoms in total. The molecule has 0 saturated heterocycles. The predicted octanol–water partition coefficient (Wildman–Crippen LogP) is 16.8. The molecule has 0 spiro atoms. The quantitative estimate of drug-likeness (QED) is 0.153. The average Bonchev–Trinajstić information content (AvgIpc) is 3.91. The fourth-order valence-electron chi connectivity index (χ4n) is 9.41. The van der Waals surface area contributed by atoms with Gasteiger partial charge in [-0.25, -0.2) is 0 Å². The lowest BCUT2D eigenvalue weighted by Crippen LogP contribution is -2.11. The second kappa shape index (κ2) is 15.3. The van der Waals surface area contributed by atoms with Crippen molar-refractivity contribution in [2.45, 2.75) is 0 Å². The van der Waals surface area contributed by atoms with E-state index in [1.807, 2.05) is 6.07 Å². The van der Waals surface area contributed by atoms with E-state index in [9.17, 15) is 0 Å². The Balaban J connectivity index is 0.926. The summed E-state index contributed by atoms with van der Waals surface area (Å²) >= 11 is 0. The third kappa shape index (κ3) is 6.38. The molecule has 2 heterocycles. The zero-order valence-corrected chi connectivity index (χ0v) is 34.4. The van der Waals surface area contributed by atoms with Crippen molar-refractivity contribution >= 4 is 60.8 Å². The summed E-state index contributed by atoms with van der Waals surface area (Å²) in [6.45, 7) is 0. The van der Waals surface area contributed by atoms with Gasteiger partial charge >= 0.3 is 0 Å². The van der Waals surface area contributed by atoms with Crippen molar-refractivity contribution in [1.82, 2.24) is 4.57 Å². The lowest BCUT2D eigenvalue weighted by molar-refractivity contribution is 0.670. The monoisotopic (exact) mass is 804 g/mol. The molecule has 10 aromatic carbocycles. The largest absolute Gasteiger partial charge is 0.455 e. The molecule has 63 heavy (non-hydrogen) atoms. The number of furan rings is 1. The highest BCUT2D eigenvalue weighted by Crippen LogP contribution is 2.43. The molecule has 0 amide bonds. The number of nitrogens with zero attached hydrogens (tertiary/aromatic N) is 2. The zero-order chi connectivity index (χ0) is 41.7. The van der Waals surface area contributed by atoms with Crippen LogP contribution in [-0.4, -0.2) is 4.57 Å². The minimum atomic E-state index is 0.888. The number of anilines is 3. The maximum Gasteiger partial charge on any atom is 0.143 e. The van der Waals surface area contributed by atoms with Crippen LogP contribution in [0, 0.1) is 0 Å². The van der Waals surface area contributed by atoms with Gasteiger partial charge in [0.25, 0.3) is 0 Å². The molecule has 2 aromatic heterocycles. The SMILES string of the molecule is c1ccc(-c2ccccc2N(c2ccc(-c3cccc(-n4c5ccccc5c5ccccc54)c3)cc2)c2ccc(-c3ccc4oc5c(-c6ccccc6)cccc5c4c3)cc2)cc1. The molecule has 0 aliphatic rings. The second-order valence-electron chi connectivity index (χ2n) is 16.1. The normalized spacial score (nSPS) is 11.5. The average molecular weight is 805 g/mol. The van der Waals surface area contributed by atoms with Crippen LogP contribution in [0.4, 0.5) is 17.1 Å². The summed E-state index contributed by atoms with van der Waals surface area (Å²) in [7, 11) is 0. The van der Waals surface area contributed by atoms with Crippen LogP contribution in [-0.2, 0) is 0 Å². The number of aromatic nitrogens is 1. The first-order valence-electron chi connectivity index (χ1n) is 21.5. The summed E-state index contributed by atoms with van der Waals surface area (Å²) in [5, 5.41) is 4.76. The van der Waals surface area contributed by atoms with Crippen LogP contribution in [0.25, 0.3) is 93.9 Å². The van der Waals surface area contributed by atoms with Crippen molar-refractivity contribution in [1.29, 1.82) is 0 Å². The van der Waals surface area contributed by atoms with Crippen LogP contribution in [0.15, 0.2) is 247 Å². The summed E-state index contributed by atoms with van der Waals surface area (Å²) in [5.41, 5.74) is 17.8. The molecule has 0 saturated carbocycles. The molecular weight excluding hydrogens is 765 g/mol. The summed E-state index contributed by atoms with van der Waals surface area (Å²) in [6, 6.07) is 87.0. The molecule has 0 atom stereocenters. The summed E-state index contributed by atoms with van der Waals surface area (Å²) in [6.07, 6.45) is 0. The highest BCUT2D eigenvalue weighted by atomic mass is 16.3. The van der Waals surface area contributed by atoms with E-state index in [-0.39, 0.29) is 0 Å². The lowest BCUT2D eigenvalue weighted by Gasteiger charge is -2.28. The standard InChI is InChI=1S/C60H40N2O/c1-3-15-43(16-4-1)50-21-7-10-26-56(50)61(47-34-29-41(30-35-47)45-19-13-20-49(39-45)62-57-27-11-8-22-52(57)53-23-9-12-28-58(53)62)48-36-31-42(32-37-48)46-33-38-59-55(40-46)54-25-14-24-51(60(54)63-59)44-17-5-2-6-18-44/h1-40H. The highest BCUT2D eigenvalue weighted by Gasteiger charge is 2.19. The van der Waals surface area contributed by atoms with E-state index >= 15 is 0 Å². The maximum absolute atomic E-state index is 6.51. The fourth-order valence-corrected chi connectivity index (χ4v) is 9.41. The smallest absolute Gasteiger partial charge is 0.143 e. The van der Waals surface area contributed by atoms with Crippen LogP contribution in [0.5, 0.6) is 0 Å².